The molecule has 2 fully saturated rings. The highest BCUT2D eigenvalue weighted by Crippen LogP contribution is 2.25. The number of rotatable bonds is 3. The molecule has 0 unspecified atom stereocenters. The Balaban J connectivity index is 1.42. The molecule has 0 radical (unpaired) electrons. The fraction of sp³-hybridized carbons (Fsp3) is 0.750. The van der Waals surface area contributed by atoms with E-state index >= 15 is 0 Å². The second kappa shape index (κ2) is 7.40. The first-order chi connectivity index (χ1) is 11.4. The molecule has 0 saturated carbocycles. The molecule has 0 N–H and O–H groups in total. The number of likely N-dealkylation sites (tertiary alicyclic amines) is 1. The van der Waals surface area contributed by atoms with Crippen LogP contribution in [0.4, 0.5) is 5.82 Å². The molecule has 1 aromatic rings. The second-order valence-corrected chi connectivity index (χ2v) is 8.58. The van der Waals surface area contributed by atoms with Crippen LogP contribution < -0.4 is 4.90 Å². The zero-order valence-corrected chi connectivity index (χ0v) is 16.0. The van der Waals surface area contributed by atoms with E-state index in [4.69, 9.17) is 0 Å². The van der Waals surface area contributed by atoms with E-state index in [9.17, 15) is 0 Å². The van der Waals surface area contributed by atoms with Crippen LogP contribution in [0.1, 0.15) is 39.2 Å². The highest BCUT2D eigenvalue weighted by atomic mass is 15.3. The first-order valence-electron chi connectivity index (χ1n) is 9.57. The zero-order chi connectivity index (χ0) is 17.2. The van der Waals surface area contributed by atoms with E-state index in [1.54, 1.807) is 0 Å². The summed E-state index contributed by atoms with van der Waals surface area (Å²) in [7, 11) is 0. The molecule has 1 aromatic heterocycles. The average Bonchev–Trinajstić information content (AvgIpc) is 2.56. The molecule has 0 amide bonds. The first kappa shape index (κ1) is 17.7. The van der Waals surface area contributed by atoms with Crippen molar-refractivity contribution in [2.24, 2.45) is 5.92 Å². The summed E-state index contributed by atoms with van der Waals surface area (Å²) in [4.78, 5) is 12.3. The van der Waals surface area contributed by atoms with Crippen molar-refractivity contribution >= 4 is 5.82 Å². The molecule has 4 heteroatoms. The Bertz CT molecular complexity index is 503. The van der Waals surface area contributed by atoms with Gasteiger partial charge in [0.15, 0.2) is 0 Å². The summed E-state index contributed by atoms with van der Waals surface area (Å²) in [6.45, 7) is 17.5. The van der Waals surface area contributed by atoms with Crippen LogP contribution in [0.25, 0.3) is 0 Å². The van der Waals surface area contributed by atoms with Gasteiger partial charge in [0.2, 0.25) is 0 Å². The summed E-state index contributed by atoms with van der Waals surface area (Å²) in [5, 5.41) is 0. The van der Waals surface area contributed by atoms with Crippen LogP contribution in [0.5, 0.6) is 0 Å². The molecule has 2 aliphatic heterocycles. The van der Waals surface area contributed by atoms with E-state index in [0.29, 0.717) is 5.54 Å². The van der Waals surface area contributed by atoms with Gasteiger partial charge in [-0.3, -0.25) is 9.80 Å². The number of hydrogen-bond acceptors (Lipinski definition) is 4. The molecule has 24 heavy (non-hydrogen) atoms. The van der Waals surface area contributed by atoms with Gasteiger partial charge in [0.05, 0.1) is 0 Å². The summed E-state index contributed by atoms with van der Waals surface area (Å²) in [6, 6.07) is 4.32. The third kappa shape index (κ3) is 4.48. The summed E-state index contributed by atoms with van der Waals surface area (Å²) in [5.74, 6) is 2.02. The predicted molar refractivity (Wildman–Crippen MR) is 102 cm³/mol. The van der Waals surface area contributed by atoms with Gasteiger partial charge in [-0.2, -0.15) is 0 Å². The largest absolute Gasteiger partial charge is 0.354 e. The molecule has 2 aliphatic rings. The van der Waals surface area contributed by atoms with E-state index in [2.05, 4.69) is 59.5 Å². The Morgan fingerprint density at radius 1 is 1.00 bits per heavy atom. The number of pyridine rings is 1. The Morgan fingerprint density at radius 3 is 2.21 bits per heavy atom. The van der Waals surface area contributed by atoms with Crippen molar-refractivity contribution in [1.29, 1.82) is 0 Å². The standard InChI is InChI=1S/C20H34N4/c1-17-5-6-19(21-15-17)23-13-11-22(12-14-23)16-18-7-9-24(10-8-18)20(2,3)4/h5-6,15,18H,7-14,16H2,1-4H3. The molecule has 0 spiro atoms. The van der Waals surface area contributed by atoms with Gasteiger partial charge in [0.25, 0.3) is 0 Å². The minimum Gasteiger partial charge on any atom is -0.354 e. The van der Waals surface area contributed by atoms with E-state index in [0.717, 1.165) is 24.8 Å². The fourth-order valence-electron chi connectivity index (χ4n) is 3.96. The van der Waals surface area contributed by atoms with Gasteiger partial charge in [-0.05, 0) is 71.2 Å². The molecule has 0 bridgehead atoms. The van der Waals surface area contributed by atoms with Crippen LogP contribution in [0, 0.1) is 12.8 Å². The maximum Gasteiger partial charge on any atom is 0.128 e. The summed E-state index contributed by atoms with van der Waals surface area (Å²) in [5.41, 5.74) is 1.57. The minimum atomic E-state index is 0.331. The van der Waals surface area contributed by atoms with Crippen molar-refractivity contribution in [2.75, 3.05) is 50.7 Å². The minimum absolute atomic E-state index is 0.331. The lowest BCUT2D eigenvalue weighted by atomic mass is 9.92. The molecule has 4 nitrogen and oxygen atoms in total. The maximum atomic E-state index is 4.58. The quantitative estimate of drug-likeness (QED) is 0.849. The lowest BCUT2D eigenvalue weighted by Gasteiger charge is -2.43. The number of aryl methyl sites for hydroxylation is 1. The van der Waals surface area contributed by atoms with Crippen LogP contribution in [0.2, 0.25) is 0 Å². The second-order valence-electron chi connectivity index (χ2n) is 8.58. The number of aromatic nitrogens is 1. The normalized spacial score (nSPS) is 22.1. The molecular weight excluding hydrogens is 296 g/mol. The predicted octanol–water partition coefficient (Wildman–Crippen LogP) is 3.02. The Morgan fingerprint density at radius 2 is 1.67 bits per heavy atom. The molecule has 134 valence electrons. The summed E-state index contributed by atoms with van der Waals surface area (Å²) >= 11 is 0. The average molecular weight is 331 g/mol. The van der Waals surface area contributed by atoms with Gasteiger partial charge in [0.1, 0.15) is 5.82 Å². The van der Waals surface area contributed by atoms with Crippen molar-refractivity contribution < 1.29 is 0 Å². The Hall–Kier alpha value is -1.13. The third-order valence-electron chi connectivity index (χ3n) is 5.67. The van der Waals surface area contributed by atoms with Gasteiger partial charge in [-0.1, -0.05) is 6.07 Å². The highest BCUT2D eigenvalue weighted by Gasteiger charge is 2.28. The third-order valence-corrected chi connectivity index (χ3v) is 5.67. The smallest absolute Gasteiger partial charge is 0.128 e. The van der Waals surface area contributed by atoms with Crippen LogP contribution >= 0.6 is 0 Å². The van der Waals surface area contributed by atoms with Crippen molar-refractivity contribution in [3.05, 3.63) is 23.9 Å². The van der Waals surface area contributed by atoms with Gasteiger partial charge in [-0.25, -0.2) is 4.98 Å². The zero-order valence-electron chi connectivity index (χ0n) is 16.0. The number of anilines is 1. The van der Waals surface area contributed by atoms with Crippen molar-refractivity contribution in [3.63, 3.8) is 0 Å². The monoisotopic (exact) mass is 330 g/mol. The van der Waals surface area contributed by atoms with Crippen molar-refractivity contribution in [3.8, 4) is 0 Å². The van der Waals surface area contributed by atoms with E-state index in [1.165, 1.54) is 51.1 Å². The number of nitrogens with zero attached hydrogens (tertiary/aromatic N) is 4. The van der Waals surface area contributed by atoms with Crippen LogP contribution in [0.3, 0.4) is 0 Å². The molecular formula is C20H34N4. The van der Waals surface area contributed by atoms with Crippen LogP contribution in [0.15, 0.2) is 18.3 Å². The molecule has 0 aliphatic carbocycles. The topological polar surface area (TPSA) is 22.6 Å². The molecule has 3 heterocycles. The van der Waals surface area contributed by atoms with Crippen LogP contribution in [-0.4, -0.2) is 66.1 Å². The maximum absolute atomic E-state index is 4.58. The van der Waals surface area contributed by atoms with Crippen LogP contribution in [-0.2, 0) is 0 Å². The number of piperidine rings is 1. The van der Waals surface area contributed by atoms with E-state index < -0.39 is 0 Å². The van der Waals surface area contributed by atoms with Gasteiger partial charge in [-0.15, -0.1) is 0 Å². The van der Waals surface area contributed by atoms with Gasteiger partial charge in [0, 0.05) is 44.5 Å². The Kier molecular flexibility index (Phi) is 5.46. The van der Waals surface area contributed by atoms with Crippen molar-refractivity contribution in [2.45, 2.75) is 46.1 Å². The Labute approximate surface area is 147 Å². The molecule has 2 saturated heterocycles. The molecule has 0 atom stereocenters. The molecule has 0 aromatic carbocycles. The lowest BCUT2D eigenvalue weighted by molar-refractivity contribution is 0.0735. The highest BCUT2D eigenvalue weighted by molar-refractivity contribution is 5.39. The summed E-state index contributed by atoms with van der Waals surface area (Å²) in [6.07, 6.45) is 4.69. The SMILES string of the molecule is Cc1ccc(N2CCN(CC3CCN(C(C)(C)C)CC3)CC2)nc1. The van der Waals surface area contributed by atoms with E-state index in [-0.39, 0.29) is 0 Å². The van der Waals surface area contributed by atoms with Gasteiger partial charge >= 0.3 is 0 Å². The lowest BCUT2D eigenvalue weighted by Crippen LogP contribution is -2.50. The number of piperazine rings is 1. The first-order valence-corrected chi connectivity index (χ1v) is 9.57. The van der Waals surface area contributed by atoms with Gasteiger partial charge < -0.3 is 4.90 Å². The number of hydrogen-bond donors (Lipinski definition) is 0. The van der Waals surface area contributed by atoms with E-state index in [1.807, 2.05) is 6.20 Å². The molecule has 3 rings (SSSR count). The fourth-order valence-corrected chi connectivity index (χ4v) is 3.96. The summed E-state index contributed by atoms with van der Waals surface area (Å²) < 4.78 is 0. The van der Waals surface area contributed by atoms with Crippen molar-refractivity contribution in [1.82, 2.24) is 14.8 Å².